The third-order valence-electron chi connectivity index (χ3n) is 11.6. The highest BCUT2D eigenvalue weighted by atomic mass is 28.3. The van der Waals surface area contributed by atoms with E-state index in [1.54, 1.807) is 12.1 Å². The average molecular weight is 955 g/mol. The molecule has 0 radical (unpaired) electrons. The number of nitrogens with zero attached hydrogens (tertiary/aromatic N) is 6. The lowest BCUT2D eigenvalue weighted by Gasteiger charge is -2.35. The molecule has 0 aliphatic carbocycles. The summed E-state index contributed by atoms with van der Waals surface area (Å²) in [4.78, 5) is 14.2. The molecule has 0 amide bonds. The van der Waals surface area contributed by atoms with E-state index in [1.165, 1.54) is 48.5 Å². The van der Waals surface area contributed by atoms with Gasteiger partial charge in [-0.25, -0.2) is 4.98 Å². The topological polar surface area (TPSA) is 72.3 Å². The minimum absolute atomic E-state index is 0.0273. The highest BCUT2D eigenvalue weighted by Crippen LogP contribution is 2.37. The summed E-state index contributed by atoms with van der Waals surface area (Å²) in [5.41, 5.74) is -8.22. The summed E-state index contributed by atoms with van der Waals surface area (Å²) in [6.45, 7) is 0. The maximum absolute atomic E-state index is 11.5. The van der Waals surface area contributed by atoms with Gasteiger partial charge in [-0.1, -0.05) is 206 Å². The second kappa shape index (κ2) is 17.2. The van der Waals surface area contributed by atoms with Crippen LogP contribution in [0.1, 0.15) is 49.4 Å². The van der Waals surface area contributed by atoms with Crippen LogP contribution in [-0.4, -0.2) is 32.2 Å². The zero-order valence-corrected chi connectivity index (χ0v) is 37.0. The molecule has 0 saturated heterocycles. The van der Waals surface area contributed by atoms with Crippen LogP contribution in [0.25, 0.3) is 89.2 Å². The van der Waals surface area contributed by atoms with Crippen LogP contribution in [0.15, 0.2) is 254 Å². The van der Waals surface area contributed by atoms with Crippen LogP contribution < -0.4 is 20.7 Å². The van der Waals surface area contributed by atoms with Gasteiger partial charge < -0.3 is 4.57 Å². The molecule has 0 N–H and O–H groups in total. The van der Waals surface area contributed by atoms with Crippen molar-refractivity contribution in [3.8, 4) is 51.6 Å². The Labute approximate surface area is 456 Å². The van der Waals surface area contributed by atoms with E-state index in [1.807, 2.05) is 6.07 Å². The first kappa shape index (κ1) is 20.2. The van der Waals surface area contributed by atoms with Gasteiger partial charge in [0, 0.05) is 32.7 Å². The molecular weight excluding hydrogens is 881 g/mol. The summed E-state index contributed by atoms with van der Waals surface area (Å²) in [7, 11) is -5.35. The molecule has 3 aromatic heterocycles. The fraction of sp³-hybridized carbons (Fsp3) is 0. The van der Waals surface area contributed by atoms with Crippen molar-refractivity contribution >= 4 is 72.4 Å². The molecule has 0 bridgehead atoms. The third kappa shape index (κ3) is 6.88. The molecule has 0 fully saturated rings. The standard InChI is InChI=1S/C64H42N6Si/c65-43-44-39-47(42-51(40-44)71(48-24-6-2-7-25-48,49-26-8-3-9-27-49)50-28-20-23-46(41-50)45-21-4-1-5-22-45)62-66-63(68-64(67-62)70-59-36-17-12-31-54(59)55-32-13-18-37-60(55)70)56-33-14-19-38-61(56)69-57-34-15-10-29-52(57)53-30-11-16-35-58(53)69/h1-42H/i1D,4D,5D,10D,11D,12D,13D,14D,15D,16D,17D,18D,19D,20D,21D,22D,23D,28D,29D,30D,31D,32D,33D,34D,35D,36D,37D,38D,39D,40D,41D,42D. The Kier molecular flexibility index (Phi) is 4.91. The van der Waals surface area contributed by atoms with Gasteiger partial charge in [-0.3, -0.25) is 4.57 Å². The minimum atomic E-state index is -5.35. The lowest BCUT2D eigenvalue weighted by atomic mass is 10.1. The molecule has 0 saturated carbocycles. The van der Waals surface area contributed by atoms with Crippen LogP contribution in [-0.2, 0) is 0 Å². The Bertz CT molecular complexity index is 5890. The highest BCUT2D eigenvalue weighted by molar-refractivity contribution is 7.20. The van der Waals surface area contributed by atoms with Crippen molar-refractivity contribution in [2.45, 2.75) is 0 Å². The van der Waals surface area contributed by atoms with Gasteiger partial charge in [0.1, 0.15) is 0 Å². The van der Waals surface area contributed by atoms with Crippen molar-refractivity contribution in [1.82, 2.24) is 24.1 Å². The minimum Gasteiger partial charge on any atom is -0.309 e. The Morgan fingerprint density at radius 3 is 1.48 bits per heavy atom. The van der Waals surface area contributed by atoms with E-state index in [9.17, 15) is 31.3 Å². The molecule has 6 nitrogen and oxygen atoms in total. The smallest absolute Gasteiger partial charge is 0.238 e. The molecule has 71 heavy (non-hydrogen) atoms. The molecule has 3 heterocycles. The summed E-state index contributed by atoms with van der Waals surface area (Å²) in [6, 6.07) is -14.4. The number of nitriles is 1. The van der Waals surface area contributed by atoms with Crippen molar-refractivity contribution in [1.29, 1.82) is 5.26 Å². The van der Waals surface area contributed by atoms with Gasteiger partial charge in [0.05, 0.1) is 83.3 Å². The lowest BCUT2D eigenvalue weighted by molar-refractivity contribution is 0.951. The van der Waals surface area contributed by atoms with Gasteiger partial charge in [0.25, 0.3) is 0 Å². The summed E-state index contributed by atoms with van der Waals surface area (Å²) in [5.74, 6) is -3.20. The van der Waals surface area contributed by atoms with E-state index in [0.29, 0.717) is 9.13 Å². The highest BCUT2D eigenvalue weighted by Gasteiger charge is 2.42. The number of hydrogen-bond donors (Lipinski definition) is 0. The van der Waals surface area contributed by atoms with E-state index < -0.39 is 307 Å². The van der Waals surface area contributed by atoms with Gasteiger partial charge in [-0.2, -0.15) is 15.2 Å². The van der Waals surface area contributed by atoms with Crippen LogP contribution in [0.5, 0.6) is 0 Å². The Balaban J connectivity index is 1.30. The molecule has 10 aromatic carbocycles. The number of rotatable bonds is 9. The average Bonchev–Trinajstić information content (AvgIpc) is 1.28. The molecule has 0 spiro atoms. The van der Waals surface area contributed by atoms with Crippen LogP contribution >= 0.6 is 0 Å². The van der Waals surface area contributed by atoms with Gasteiger partial charge >= 0.3 is 0 Å². The second-order valence-electron chi connectivity index (χ2n) is 15.4. The summed E-state index contributed by atoms with van der Waals surface area (Å²) >= 11 is 0. The monoisotopic (exact) mass is 955 g/mol. The predicted octanol–water partition coefficient (Wildman–Crippen LogP) is 12.3. The summed E-state index contributed by atoms with van der Waals surface area (Å²) in [6.07, 6.45) is 0. The van der Waals surface area contributed by atoms with Gasteiger partial charge in [-0.15, -0.1) is 0 Å². The Morgan fingerprint density at radius 2 is 0.887 bits per heavy atom. The second-order valence-corrected chi connectivity index (χ2v) is 19.1. The van der Waals surface area contributed by atoms with E-state index >= 15 is 0 Å². The number of benzene rings is 10. The molecule has 13 aromatic rings. The molecular formula is C64H42N6Si. The van der Waals surface area contributed by atoms with Crippen molar-refractivity contribution in [2.75, 3.05) is 0 Å². The molecule has 0 atom stereocenters. The molecule has 0 unspecified atom stereocenters. The van der Waals surface area contributed by atoms with Gasteiger partial charge in [0.15, 0.2) is 19.7 Å². The summed E-state index contributed by atoms with van der Waals surface area (Å²) < 4.78 is 300. The number of hydrogen-bond acceptors (Lipinski definition) is 4. The quantitative estimate of drug-likeness (QED) is 0.107. The molecule has 332 valence electrons. The van der Waals surface area contributed by atoms with Gasteiger partial charge in [-0.05, 0) is 80.2 Å². The molecule has 0 aliphatic rings. The van der Waals surface area contributed by atoms with E-state index in [-0.39, 0.29) is 10.4 Å². The maximum Gasteiger partial charge on any atom is 0.238 e. The summed E-state index contributed by atoms with van der Waals surface area (Å²) in [5, 5.41) is 7.96. The number of aromatic nitrogens is 5. The number of fused-ring (bicyclic) bond motifs is 6. The zero-order valence-electron chi connectivity index (χ0n) is 68.0. The first-order valence-electron chi connectivity index (χ1n) is 37.2. The lowest BCUT2D eigenvalue weighted by Crippen LogP contribution is -2.74. The van der Waals surface area contributed by atoms with Crippen molar-refractivity contribution in [2.24, 2.45) is 0 Å². The zero-order chi connectivity index (χ0) is 75.2. The Hall–Kier alpha value is -9.48. The van der Waals surface area contributed by atoms with Crippen molar-refractivity contribution < 1.29 is 43.9 Å². The predicted molar refractivity (Wildman–Crippen MR) is 293 cm³/mol. The van der Waals surface area contributed by atoms with E-state index in [2.05, 4.69) is 0 Å². The van der Waals surface area contributed by atoms with Crippen LogP contribution in [0.4, 0.5) is 0 Å². The normalized spacial score (nSPS) is 18.0. The largest absolute Gasteiger partial charge is 0.309 e. The number of para-hydroxylation sites is 5. The molecule has 0 aliphatic heterocycles. The SMILES string of the molecule is [2H]c1c([2H])c([2H])c(-c2c([2H])c([2H])c([2H])c([Si](c3ccccc3)(c3ccccc3)c3c([2H])c(C#N)c([2H])c(-c4nc(-c5c([2H])c([2H])c([2H])c([2H])c5-n5c6c([2H])c([2H])c([2H])c([2H])c6c6c([2H])c([2H])c([2H])c([2H])c65)nc(-n5c6c([2H])c([2H])c([2H])c([2H])c6c6c([2H])c([2H])c([2H])c([2H])c65)n4)c3[2H])c2[2H])c([2H])c1[2H]. The van der Waals surface area contributed by atoms with Crippen LogP contribution in [0.2, 0.25) is 0 Å². The first-order chi connectivity index (χ1) is 48.5. The molecule has 13 rings (SSSR count). The van der Waals surface area contributed by atoms with Crippen LogP contribution in [0, 0.1) is 11.3 Å². The van der Waals surface area contributed by atoms with E-state index in [0.717, 1.165) is 0 Å². The van der Waals surface area contributed by atoms with E-state index in [4.69, 9.17) is 32.8 Å². The fourth-order valence-corrected chi connectivity index (χ4v) is 13.0. The van der Waals surface area contributed by atoms with Crippen LogP contribution in [0.3, 0.4) is 0 Å². The molecule has 7 heteroatoms. The third-order valence-corrected chi connectivity index (χ3v) is 16.0. The maximum atomic E-state index is 11.5. The Morgan fingerprint density at radius 1 is 0.394 bits per heavy atom. The first-order valence-corrected chi connectivity index (χ1v) is 23.2. The van der Waals surface area contributed by atoms with Crippen molar-refractivity contribution in [3.05, 3.63) is 260 Å². The van der Waals surface area contributed by atoms with Gasteiger partial charge in [0.2, 0.25) is 5.95 Å². The van der Waals surface area contributed by atoms with Crippen molar-refractivity contribution in [3.63, 3.8) is 0 Å². The fourth-order valence-electron chi connectivity index (χ4n) is 8.69.